The van der Waals surface area contributed by atoms with Crippen molar-refractivity contribution in [2.75, 3.05) is 13.1 Å². The van der Waals surface area contributed by atoms with E-state index >= 15 is 0 Å². The van der Waals surface area contributed by atoms with Crippen LogP contribution in [0.3, 0.4) is 0 Å². The van der Waals surface area contributed by atoms with Crippen LogP contribution in [-0.2, 0) is 14.3 Å². The molecule has 4 aliphatic carbocycles. The summed E-state index contributed by atoms with van der Waals surface area (Å²) < 4.78 is 6.05. The molecule has 0 aliphatic heterocycles. The minimum atomic E-state index is -0.331. The summed E-state index contributed by atoms with van der Waals surface area (Å²) >= 11 is 0. The number of esters is 1. The molecule has 45 heavy (non-hydrogen) atoms. The summed E-state index contributed by atoms with van der Waals surface area (Å²) in [5.41, 5.74) is 14.3. The summed E-state index contributed by atoms with van der Waals surface area (Å²) in [6.45, 7) is 17.1. The van der Waals surface area contributed by atoms with Gasteiger partial charge in [0.2, 0.25) is 5.91 Å². The minimum absolute atomic E-state index is 0.0452. The molecule has 4 rings (SSSR count). The lowest BCUT2D eigenvalue weighted by Gasteiger charge is -2.58. The van der Waals surface area contributed by atoms with E-state index in [0.717, 1.165) is 88.0 Å². The second-order valence-electron chi connectivity index (χ2n) is 17.8. The molecule has 0 aromatic rings. The summed E-state index contributed by atoms with van der Waals surface area (Å²) in [6.07, 6.45) is 19.9. The van der Waals surface area contributed by atoms with Crippen LogP contribution in [0.4, 0.5) is 0 Å². The molecule has 7 unspecified atom stereocenters. The van der Waals surface area contributed by atoms with Crippen LogP contribution in [-0.4, -0.2) is 47.0 Å². The van der Waals surface area contributed by atoms with E-state index in [1.807, 2.05) is 18.7 Å². The molecular formula is C39H69N3O3. The molecule has 0 bridgehead atoms. The maximum absolute atomic E-state index is 13.3. The summed E-state index contributed by atoms with van der Waals surface area (Å²) in [4.78, 5) is 28.2. The molecule has 6 nitrogen and oxygen atoms in total. The first-order valence-electron chi connectivity index (χ1n) is 18.8. The van der Waals surface area contributed by atoms with Gasteiger partial charge in [-0.05, 0) is 126 Å². The number of ether oxygens (including phenoxy) is 1. The van der Waals surface area contributed by atoms with Gasteiger partial charge in [-0.1, -0.05) is 58.1 Å². The minimum Gasteiger partial charge on any atom is -0.462 e. The first-order valence-corrected chi connectivity index (χ1v) is 18.8. The predicted octanol–water partition coefficient (Wildman–Crippen LogP) is 8.31. The Morgan fingerprint density at radius 3 is 2.27 bits per heavy atom. The average Bonchev–Trinajstić information content (AvgIpc) is 3.26. The molecule has 0 heterocycles. The molecule has 6 heteroatoms. The predicted molar refractivity (Wildman–Crippen MR) is 185 cm³/mol. The molecule has 0 aromatic carbocycles. The van der Waals surface area contributed by atoms with E-state index in [0.29, 0.717) is 12.0 Å². The number of nitrogens with two attached hydrogens (primary N) is 2. The van der Waals surface area contributed by atoms with E-state index in [4.69, 9.17) is 16.2 Å². The smallest absolute Gasteiger partial charge is 0.306 e. The number of carbonyl (C=O) groups is 2. The number of unbranched alkanes of at least 4 members (excludes halogenated alkanes) is 4. The Balaban J connectivity index is 1.23. The van der Waals surface area contributed by atoms with Crippen LogP contribution in [0, 0.1) is 34.5 Å². The highest BCUT2D eigenvalue weighted by Crippen LogP contribution is 2.66. The Labute approximate surface area is 276 Å². The molecular weight excluding hydrogens is 558 g/mol. The molecule has 7 atom stereocenters. The van der Waals surface area contributed by atoms with Gasteiger partial charge in [-0.3, -0.25) is 9.59 Å². The van der Waals surface area contributed by atoms with E-state index in [9.17, 15) is 9.59 Å². The van der Waals surface area contributed by atoms with Crippen molar-refractivity contribution in [2.24, 2.45) is 46.0 Å². The molecule has 3 fully saturated rings. The van der Waals surface area contributed by atoms with Gasteiger partial charge in [-0.2, -0.15) is 0 Å². The lowest BCUT2D eigenvalue weighted by atomic mass is 9.47. The van der Waals surface area contributed by atoms with Crippen LogP contribution < -0.4 is 11.5 Å². The summed E-state index contributed by atoms with van der Waals surface area (Å²) in [5, 5.41) is 0. The van der Waals surface area contributed by atoms with Crippen molar-refractivity contribution in [1.82, 2.24) is 4.90 Å². The highest BCUT2D eigenvalue weighted by molar-refractivity contribution is 5.81. The number of carbonyl (C=O) groups excluding carboxylic acids is 2. The van der Waals surface area contributed by atoms with Crippen molar-refractivity contribution in [3.05, 3.63) is 11.6 Å². The van der Waals surface area contributed by atoms with Crippen molar-refractivity contribution in [1.29, 1.82) is 0 Å². The summed E-state index contributed by atoms with van der Waals surface area (Å²) in [7, 11) is 0. The van der Waals surface area contributed by atoms with Crippen LogP contribution in [0.25, 0.3) is 0 Å². The zero-order chi connectivity index (χ0) is 33.0. The molecule has 1 amide bonds. The monoisotopic (exact) mass is 628 g/mol. The molecule has 4 N–H and O–H groups in total. The number of fused-ring (bicyclic) bond motifs is 5. The molecule has 258 valence electrons. The van der Waals surface area contributed by atoms with E-state index in [-0.39, 0.29) is 47.3 Å². The topological polar surface area (TPSA) is 98.7 Å². The highest BCUT2D eigenvalue weighted by atomic mass is 16.5. The SMILES string of the molecule is CC1CCC2C3CC=C4CC(OC(=O)CCC(=O)N(CCCCCCCC(C)(C)N)CCC(C)(C)N)CCC4(C)C3CCC12C. The van der Waals surface area contributed by atoms with Gasteiger partial charge in [0.25, 0.3) is 0 Å². The molecule has 0 saturated heterocycles. The van der Waals surface area contributed by atoms with E-state index < -0.39 is 0 Å². The van der Waals surface area contributed by atoms with Crippen molar-refractivity contribution >= 4 is 11.9 Å². The molecule has 4 aliphatic rings. The summed E-state index contributed by atoms with van der Waals surface area (Å²) in [5.74, 6) is 3.15. The number of allylic oxidation sites excluding steroid dienone is 1. The molecule has 0 radical (unpaired) electrons. The third-order valence-corrected chi connectivity index (χ3v) is 13.0. The van der Waals surface area contributed by atoms with Gasteiger partial charge in [0, 0.05) is 37.0 Å². The van der Waals surface area contributed by atoms with Crippen LogP contribution >= 0.6 is 0 Å². The summed E-state index contributed by atoms with van der Waals surface area (Å²) in [6, 6.07) is 0. The lowest BCUT2D eigenvalue weighted by Crippen LogP contribution is -2.50. The molecule has 0 spiro atoms. The van der Waals surface area contributed by atoms with Crippen molar-refractivity contribution in [3.63, 3.8) is 0 Å². The standard InChI is InChI=1S/C39H69N3O3/c1-28-13-16-32-31-15-14-29-27-30(19-22-39(29,7)33(31)20-23-38(28,32)6)45-35(44)18-17-34(43)42(26-24-37(4,5)41)25-12-10-8-9-11-21-36(2,3)40/h14,28,30-33H,8-13,15-27,40-41H2,1-7H3. The van der Waals surface area contributed by atoms with Gasteiger partial charge in [0.15, 0.2) is 0 Å². The Hall–Kier alpha value is -1.40. The van der Waals surface area contributed by atoms with Gasteiger partial charge in [0.05, 0.1) is 6.42 Å². The average molecular weight is 628 g/mol. The Morgan fingerprint density at radius 2 is 1.56 bits per heavy atom. The number of hydrogen-bond donors (Lipinski definition) is 2. The van der Waals surface area contributed by atoms with E-state index in [2.05, 4.69) is 40.7 Å². The maximum atomic E-state index is 13.3. The first kappa shape index (κ1) is 36.4. The second kappa shape index (κ2) is 14.8. The molecule has 0 aromatic heterocycles. The second-order valence-corrected chi connectivity index (χ2v) is 17.8. The van der Waals surface area contributed by atoms with Gasteiger partial charge in [-0.25, -0.2) is 0 Å². The maximum Gasteiger partial charge on any atom is 0.306 e. The van der Waals surface area contributed by atoms with Gasteiger partial charge >= 0.3 is 5.97 Å². The van der Waals surface area contributed by atoms with Gasteiger partial charge in [0.1, 0.15) is 6.10 Å². The Morgan fingerprint density at radius 1 is 0.867 bits per heavy atom. The van der Waals surface area contributed by atoms with Gasteiger partial charge in [-0.15, -0.1) is 0 Å². The quantitative estimate of drug-likeness (QED) is 0.108. The van der Waals surface area contributed by atoms with Crippen LogP contribution in [0.2, 0.25) is 0 Å². The van der Waals surface area contributed by atoms with Crippen molar-refractivity contribution in [2.45, 2.75) is 175 Å². The van der Waals surface area contributed by atoms with Crippen molar-refractivity contribution < 1.29 is 14.3 Å². The number of hydrogen-bond acceptors (Lipinski definition) is 5. The van der Waals surface area contributed by atoms with E-state index in [1.54, 1.807) is 5.57 Å². The lowest BCUT2D eigenvalue weighted by molar-refractivity contribution is -0.153. The number of rotatable bonds is 15. The Bertz CT molecular complexity index is 1040. The van der Waals surface area contributed by atoms with E-state index in [1.165, 1.54) is 38.5 Å². The van der Waals surface area contributed by atoms with Crippen LogP contribution in [0.1, 0.15) is 158 Å². The zero-order valence-electron chi connectivity index (χ0n) is 30.2. The van der Waals surface area contributed by atoms with Crippen molar-refractivity contribution in [3.8, 4) is 0 Å². The normalized spacial score (nSPS) is 33.1. The fraction of sp³-hybridized carbons (Fsp3) is 0.897. The van der Waals surface area contributed by atoms with Crippen LogP contribution in [0.5, 0.6) is 0 Å². The first-order chi connectivity index (χ1) is 21.0. The number of nitrogens with zero attached hydrogens (tertiary/aromatic N) is 1. The third-order valence-electron chi connectivity index (χ3n) is 13.0. The van der Waals surface area contributed by atoms with Crippen LogP contribution in [0.15, 0.2) is 11.6 Å². The largest absolute Gasteiger partial charge is 0.462 e. The fourth-order valence-electron chi connectivity index (χ4n) is 9.80. The number of amides is 1. The van der Waals surface area contributed by atoms with Gasteiger partial charge < -0.3 is 21.1 Å². The molecule has 3 saturated carbocycles. The fourth-order valence-corrected chi connectivity index (χ4v) is 9.80. The highest BCUT2D eigenvalue weighted by Gasteiger charge is 2.57. The Kier molecular flexibility index (Phi) is 12.0. The third kappa shape index (κ3) is 9.36. The zero-order valence-corrected chi connectivity index (χ0v) is 30.2.